The molecule has 0 bridgehead atoms. The second kappa shape index (κ2) is 8.63. The highest BCUT2D eigenvalue weighted by atomic mass is 32.2. The van der Waals surface area contributed by atoms with Gasteiger partial charge in [0.15, 0.2) is 4.75 Å². The molecule has 1 atom stereocenters. The van der Waals surface area contributed by atoms with Gasteiger partial charge in [0.25, 0.3) is 0 Å². The molecular formula is C21H29N3O4S. The van der Waals surface area contributed by atoms with E-state index in [2.05, 4.69) is 15.5 Å². The molecule has 4 rings (SSSR count). The normalized spacial score (nSPS) is 27.0. The van der Waals surface area contributed by atoms with Crippen molar-refractivity contribution in [3.8, 4) is 0 Å². The van der Waals surface area contributed by atoms with Crippen LogP contribution in [-0.2, 0) is 19.1 Å². The van der Waals surface area contributed by atoms with Crippen LogP contribution in [0, 0.1) is 5.41 Å². The highest BCUT2D eigenvalue weighted by Gasteiger charge is 2.46. The van der Waals surface area contributed by atoms with Crippen LogP contribution in [0.4, 0.5) is 5.69 Å². The van der Waals surface area contributed by atoms with Crippen LogP contribution < -0.4 is 10.6 Å². The molecule has 1 unspecified atom stereocenters. The predicted molar refractivity (Wildman–Crippen MR) is 112 cm³/mol. The summed E-state index contributed by atoms with van der Waals surface area (Å²) >= 11 is 1.32. The highest BCUT2D eigenvalue weighted by molar-refractivity contribution is 8.02. The molecular weight excluding hydrogens is 390 g/mol. The minimum atomic E-state index is -1.18. The third kappa shape index (κ3) is 4.45. The number of rotatable bonds is 5. The molecule has 7 nitrogen and oxygen atoms in total. The van der Waals surface area contributed by atoms with Crippen LogP contribution >= 0.6 is 11.8 Å². The zero-order chi connectivity index (χ0) is 20.3. The lowest BCUT2D eigenvalue weighted by Crippen LogP contribution is -2.56. The Morgan fingerprint density at radius 2 is 1.86 bits per heavy atom. The van der Waals surface area contributed by atoms with Crippen molar-refractivity contribution in [1.82, 2.24) is 10.2 Å². The van der Waals surface area contributed by atoms with Gasteiger partial charge in [-0.1, -0.05) is 23.9 Å². The summed E-state index contributed by atoms with van der Waals surface area (Å²) in [6.45, 7) is 7.95. The van der Waals surface area contributed by atoms with Gasteiger partial charge < -0.3 is 20.1 Å². The van der Waals surface area contributed by atoms with Gasteiger partial charge in [-0.2, -0.15) is 0 Å². The number of fused-ring (bicyclic) bond motifs is 1. The minimum Gasteiger partial charge on any atom is -0.381 e. The largest absolute Gasteiger partial charge is 0.381 e. The zero-order valence-electron chi connectivity index (χ0n) is 16.9. The van der Waals surface area contributed by atoms with Gasteiger partial charge in [0.1, 0.15) is 0 Å². The lowest BCUT2D eigenvalue weighted by molar-refractivity contribution is -0.130. The van der Waals surface area contributed by atoms with E-state index in [1.165, 1.54) is 11.8 Å². The van der Waals surface area contributed by atoms with Crippen LogP contribution in [0.3, 0.4) is 0 Å². The number of morpholine rings is 1. The van der Waals surface area contributed by atoms with E-state index in [0.717, 1.165) is 56.3 Å². The number of nitrogens with one attached hydrogen (secondary N) is 2. The monoisotopic (exact) mass is 419 g/mol. The van der Waals surface area contributed by atoms with E-state index in [1.807, 2.05) is 24.3 Å². The summed E-state index contributed by atoms with van der Waals surface area (Å²) < 4.78 is 9.88. The number of amides is 2. The van der Waals surface area contributed by atoms with E-state index in [9.17, 15) is 9.59 Å². The molecule has 0 aliphatic carbocycles. The summed E-state index contributed by atoms with van der Waals surface area (Å²) in [4.78, 5) is 29.2. The Hall–Kier alpha value is -1.61. The number of carbonyl (C=O) groups is 2. The Morgan fingerprint density at radius 3 is 2.62 bits per heavy atom. The number of anilines is 1. The molecule has 29 heavy (non-hydrogen) atoms. The zero-order valence-corrected chi connectivity index (χ0v) is 17.7. The van der Waals surface area contributed by atoms with Gasteiger partial charge in [-0.3, -0.25) is 14.5 Å². The molecule has 1 aromatic carbocycles. The molecule has 0 aromatic heterocycles. The number of para-hydroxylation sites is 1. The van der Waals surface area contributed by atoms with Crippen LogP contribution in [-0.4, -0.2) is 74.1 Å². The predicted octanol–water partition coefficient (Wildman–Crippen LogP) is 1.73. The summed E-state index contributed by atoms with van der Waals surface area (Å²) in [5, 5.41) is 6.00. The summed E-state index contributed by atoms with van der Waals surface area (Å²) in [5.74, 6) is -0.504. The smallest absolute Gasteiger partial charge is 0.250 e. The summed E-state index contributed by atoms with van der Waals surface area (Å²) in [6.07, 6.45) is 1.81. The quantitative estimate of drug-likeness (QED) is 0.708. The summed E-state index contributed by atoms with van der Waals surface area (Å²) in [6, 6.07) is 7.59. The Balaban J connectivity index is 1.44. The molecule has 0 saturated carbocycles. The fourth-order valence-electron chi connectivity index (χ4n) is 4.18. The lowest BCUT2D eigenvalue weighted by Gasteiger charge is -2.42. The average Bonchev–Trinajstić information content (AvgIpc) is 2.74. The van der Waals surface area contributed by atoms with Crippen molar-refractivity contribution < 1.29 is 19.1 Å². The van der Waals surface area contributed by atoms with Crippen LogP contribution in [0.1, 0.15) is 19.8 Å². The minimum absolute atomic E-state index is 0.0324. The molecule has 8 heteroatoms. The maximum absolute atomic E-state index is 13.2. The molecule has 2 fully saturated rings. The van der Waals surface area contributed by atoms with Crippen molar-refractivity contribution in [2.75, 3.05) is 57.9 Å². The molecule has 1 aromatic rings. The summed E-state index contributed by atoms with van der Waals surface area (Å²) in [7, 11) is 0. The lowest BCUT2D eigenvalue weighted by atomic mass is 9.79. The van der Waals surface area contributed by atoms with Crippen molar-refractivity contribution in [3.63, 3.8) is 0 Å². The Bertz CT molecular complexity index is 762. The molecule has 158 valence electrons. The van der Waals surface area contributed by atoms with Crippen molar-refractivity contribution >= 4 is 29.3 Å². The number of carbonyl (C=O) groups excluding carboxylic acids is 2. The number of nitrogens with zero attached hydrogens (tertiary/aromatic N) is 1. The Morgan fingerprint density at radius 1 is 1.17 bits per heavy atom. The van der Waals surface area contributed by atoms with Crippen LogP contribution in [0.5, 0.6) is 0 Å². The average molecular weight is 420 g/mol. The number of hydrogen-bond acceptors (Lipinski definition) is 6. The van der Waals surface area contributed by atoms with Gasteiger partial charge in [-0.25, -0.2) is 0 Å². The van der Waals surface area contributed by atoms with E-state index in [-0.39, 0.29) is 17.2 Å². The molecule has 0 radical (unpaired) electrons. The maximum Gasteiger partial charge on any atom is 0.250 e. The van der Waals surface area contributed by atoms with Crippen LogP contribution in [0.2, 0.25) is 0 Å². The SMILES string of the molecule is CC1(C(=O)NCC2(CN3CCOCC3)CCOCC2)Sc2ccccc2NC1=O. The molecule has 2 N–H and O–H groups in total. The van der Waals surface area contributed by atoms with Crippen molar-refractivity contribution in [3.05, 3.63) is 24.3 Å². The molecule has 3 aliphatic heterocycles. The standard InChI is InChI=1S/C21H29N3O4S/c1-20(19(26)23-16-4-2-3-5-17(16)29-20)18(25)22-14-21(6-10-27-11-7-21)15-24-8-12-28-13-9-24/h2-5H,6-15H2,1H3,(H,22,25)(H,23,26). The Labute approximate surface area is 175 Å². The number of thioether (sulfide) groups is 1. The van der Waals surface area contributed by atoms with Gasteiger partial charge in [-0.15, -0.1) is 0 Å². The number of ether oxygens (including phenoxy) is 2. The second-order valence-electron chi connectivity index (χ2n) is 8.27. The first-order chi connectivity index (χ1) is 14.0. The van der Waals surface area contributed by atoms with Gasteiger partial charge in [0.2, 0.25) is 11.8 Å². The van der Waals surface area contributed by atoms with E-state index in [0.29, 0.717) is 19.8 Å². The molecule has 3 heterocycles. The van der Waals surface area contributed by atoms with Crippen molar-refractivity contribution in [2.45, 2.75) is 29.4 Å². The van der Waals surface area contributed by atoms with Gasteiger partial charge in [0, 0.05) is 49.7 Å². The van der Waals surface area contributed by atoms with Crippen LogP contribution in [0.15, 0.2) is 29.2 Å². The van der Waals surface area contributed by atoms with Crippen LogP contribution in [0.25, 0.3) is 0 Å². The highest BCUT2D eigenvalue weighted by Crippen LogP contribution is 2.42. The Kier molecular flexibility index (Phi) is 6.15. The molecule has 0 spiro atoms. The fourth-order valence-corrected chi connectivity index (χ4v) is 5.31. The number of benzene rings is 1. The molecule has 2 amide bonds. The third-order valence-corrected chi connectivity index (χ3v) is 7.51. The molecule has 3 aliphatic rings. The first-order valence-corrected chi connectivity index (χ1v) is 11.1. The van der Waals surface area contributed by atoms with Gasteiger partial charge >= 0.3 is 0 Å². The topological polar surface area (TPSA) is 79.9 Å². The molecule has 2 saturated heterocycles. The second-order valence-corrected chi connectivity index (χ2v) is 9.73. The summed E-state index contributed by atoms with van der Waals surface area (Å²) in [5.41, 5.74) is 0.732. The van der Waals surface area contributed by atoms with E-state index in [1.54, 1.807) is 6.92 Å². The number of hydrogen-bond donors (Lipinski definition) is 2. The van der Waals surface area contributed by atoms with Gasteiger partial charge in [-0.05, 0) is 31.9 Å². The third-order valence-electron chi connectivity index (χ3n) is 6.16. The van der Waals surface area contributed by atoms with Gasteiger partial charge in [0.05, 0.1) is 18.9 Å². The fraction of sp³-hybridized carbons (Fsp3) is 0.619. The van der Waals surface area contributed by atoms with E-state index < -0.39 is 4.75 Å². The van der Waals surface area contributed by atoms with Crippen molar-refractivity contribution in [2.24, 2.45) is 5.41 Å². The maximum atomic E-state index is 13.2. The van der Waals surface area contributed by atoms with Crippen molar-refractivity contribution in [1.29, 1.82) is 0 Å². The first-order valence-electron chi connectivity index (χ1n) is 10.3. The van der Waals surface area contributed by atoms with E-state index >= 15 is 0 Å². The van der Waals surface area contributed by atoms with E-state index in [4.69, 9.17) is 9.47 Å². The first kappa shape index (κ1) is 20.7.